The second-order valence-electron chi connectivity index (χ2n) is 5.86. The molecule has 0 aromatic carbocycles. The zero-order chi connectivity index (χ0) is 12.5. The maximum absolute atomic E-state index is 12.0. The van der Waals surface area contributed by atoms with Gasteiger partial charge in [0.15, 0.2) is 0 Å². The van der Waals surface area contributed by atoms with Crippen molar-refractivity contribution < 1.29 is 14.7 Å². The quantitative estimate of drug-likeness (QED) is 0.786. The summed E-state index contributed by atoms with van der Waals surface area (Å²) >= 11 is 0. The van der Waals surface area contributed by atoms with Gasteiger partial charge < -0.3 is 10.4 Å². The van der Waals surface area contributed by atoms with Crippen LogP contribution in [-0.2, 0) is 9.59 Å². The van der Waals surface area contributed by atoms with Gasteiger partial charge >= 0.3 is 5.97 Å². The molecule has 2 atom stereocenters. The summed E-state index contributed by atoms with van der Waals surface area (Å²) < 4.78 is 0. The van der Waals surface area contributed by atoms with Crippen LogP contribution in [0.2, 0.25) is 0 Å². The van der Waals surface area contributed by atoms with Crippen LogP contribution in [0, 0.1) is 17.3 Å². The van der Waals surface area contributed by atoms with Gasteiger partial charge in [0.1, 0.15) is 0 Å². The average Bonchev–Trinajstić information content (AvgIpc) is 2.72. The highest BCUT2D eigenvalue weighted by Gasteiger charge is 2.39. The summed E-state index contributed by atoms with van der Waals surface area (Å²) in [5.41, 5.74) is 0.257. The molecule has 2 aliphatic rings. The van der Waals surface area contributed by atoms with Gasteiger partial charge in [-0.05, 0) is 31.1 Å². The van der Waals surface area contributed by atoms with E-state index in [-0.39, 0.29) is 17.2 Å². The Morgan fingerprint density at radius 2 is 1.88 bits per heavy atom. The van der Waals surface area contributed by atoms with Crippen LogP contribution in [0.15, 0.2) is 0 Å². The lowest BCUT2D eigenvalue weighted by atomic mass is 9.70. The number of rotatable bonds is 4. The van der Waals surface area contributed by atoms with Crippen molar-refractivity contribution in [2.75, 3.05) is 6.54 Å². The summed E-state index contributed by atoms with van der Waals surface area (Å²) in [7, 11) is 0. The SMILES string of the molecule is CC1(CNC(=O)[C@@H]2CCC[C@@H]2C(=O)O)CCC1. The maximum atomic E-state index is 12.0. The first-order chi connectivity index (χ1) is 8.02. The molecule has 0 bridgehead atoms. The predicted molar refractivity (Wildman–Crippen MR) is 63.4 cm³/mol. The van der Waals surface area contributed by atoms with E-state index in [1.165, 1.54) is 19.3 Å². The van der Waals surface area contributed by atoms with E-state index in [0.717, 1.165) is 12.8 Å². The summed E-state index contributed by atoms with van der Waals surface area (Å²) in [4.78, 5) is 23.0. The highest BCUT2D eigenvalue weighted by molar-refractivity contribution is 5.85. The molecular formula is C13H21NO3. The van der Waals surface area contributed by atoms with Gasteiger partial charge in [-0.2, -0.15) is 0 Å². The number of nitrogens with one attached hydrogen (secondary N) is 1. The molecule has 2 fully saturated rings. The molecule has 0 aromatic rings. The normalized spacial score (nSPS) is 30.6. The van der Waals surface area contributed by atoms with Crippen molar-refractivity contribution in [1.82, 2.24) is 5.32 Å². The first-order valence-corrected chi connectivity index (χ1v) is 6.52. The van der Waals surface area contributed by atoms with Crippen molar-refractivity contribution in [3.05, 3.63) is 0 Å². The fraction of sp³-hybridized carbons (Fsp3) is 0.846. The topological polar surface area (TPSA) is 66.4 Å². The molecule has 0 unspecified atom stereocenters. The smallest absolute Gasteiger partial charge is 0.307 e. The van der Waals surface area contributed by atoms with E-state index in [1.54, 1.807) is 0 Å². The molecule has 4 nitrogen and oxygen atoms in total. The van der Waals surface area contributed by atoms with Gasteiger partial charge in [0.2, 0.25) is 5.91 Å². The number of hydrogen-bond donors (Lipinski definition) is 2. The molecule has 2 saturated carbocycles. The van der Waals surface area contributed by atoms with Crippen LogP contribution in [-0.4, -0.2) is 23.5 Å². The number of hydrogen-bond acceptors (Lipinski definition) is 2. The minimum absolute atomic E-state index is 0.0528. The van der Waals surface area contributed by atoms with E-state index >= 15 is 0 Å². The molecule has 17 heavy (non-hydrogen) atoms. The lowest BCUT2D eigenvalue weighted by molar-refractivity contribution is -0.146. The van der Waals surface area contributed by atoms with Crippen molar-refractivity contribution in [3.63, 3.8) is 0 Å². The average molecular weight is 239 g/mol. The summed E-state index contributed by atoms with van der Waals surface area (Å²) in [6.07, 6.45) is 5.80. The van der Waals surface area contributed by atoms with Crippen LogP contribution in [0.5, 0.6) is 0 Å². The molecule has 1 amide bonds. The first-order valence-electron chi connectivity index (χ1n) is 6.52. The lowest BCUT2D eigenvalue weighted by Gasteiger charge is -2.38. The Morgan fingerprint density at radius 1 is 1.24 bits per heavy atom. The number of aliphatic carboxylic acids is 1. The molecule has 0 radical (unpaired) electrons. The Balaban J connectivity index is 1.84. The van der Waals surface area contributed by atoms with Crippen LogP contribution in [0.25, 0.3) is 0 Å². The highest BCUT2D eigenvalue weighted by atomic mass is 16.4. The van der Waals surface area contributed by atoms with Crippen molar-refractivity contribution in [2.24, 2.45) is 17.3 Å². The monoisotopic (exact) mass is 239 g/mol. The molecule has 0 saturated heterocycles. The van der Waals surface area contributed by atoms with E-state index in [4.69, 9.17) is 5.11 Å². The summed E-state index contributed by atoms with van der Waals surface area (Å²) in [6.45, 7) is 2.88. The third kappa shape index (κ3) is 2.61. The second kappa shape index (κ2) is 4.67. The molecule has 2 N–H and O–H groups in total. The minimum atomic E-state index is -0.822. The largest absolute Gasteiger partial charge is 0.481 e. The highest BCUT2D eigenvalue weighted by Crippen LogP contribution is 2.39. The molecule has 0 aromatic heterocycles. The molecule has 2 rings (SSSR count). The van der Waals surface area contributed by atoms with Gasteiger partial charge in [-0.25, -0.2) is 0 Å². The van der Waals surface area contributed by atoms with Gasteiger partial charge in [0, 0.05) is 6.54 Å². The molecule has 96 valence electrons. The van der Waals surface area contributed by atoms with Crippen molar-refractivity contribution in [2.45, 2.75) is 45.4 Å². The number of carboxylic acid groups (broad SMARTS) is 1. The van der Waals surface area contributed by atoms with Crippen LogP contribution < -0.4 is 5.32 Å². The lowest BCUT2D eigenvalue weighted by Crippen LogP contribution is -2.43. The Labute approximate surface area is 102 Å². The zero-order valence-electron chi connectivity index (χ0n) is 10.4. The number of carbonyl (C=O) groups excluding carboxylic acids is 1. The molecule has 4 heteroatoms. The molecule has 0 spiro atoms. The number of carboxylic acids is 1. The van der Waals surface area contributed by atoms with E-state index < -0.39 is 11.9 Å². The molecular weight excluding hydrogens is 218 g/mol. The van der Waals surface area contributed by atoms with Gasteiger partial charge in [-0.15, -0.1) is 0 Å². The Hall–Kier alpha value is -1.06. The molecule has 2 aliphatic carbocycles. The maximum Gasteiger partial charge on any atom is 0.307 e. The summed E-state index contributed by atoms with van der Waals surface area (Å²) in [6, 6.07) is 0. The van der Waals surface area contributed by atoms with E-state index in [1.807, 2.05) is 0 Å². The van der Waals surface area contributed by atoms with E-state index in [2.05, 4.69) is 12.2 Å². The fourth-order valence-corrected chi connectivity index (χ4v) is 2.96. The third-order valence-electron chi connectivity index (χ3n) is 4.42. The molecule has 0 aliphatic heterocycles. The van der Waals surface area contributed by atoms with Crippen LogP contribution in [0.1, 0.15) is 45.4 Å². The fourth-order valence-electron chi connectivity index (χ4n) is 2.96. The molecule has 0 heterocycles. The Bertz CT molecular complexity index is 323. The van der Waals surface area contributed by atoms with Crippen LogP contribution in [0.3, 0.4) is 0 Å². The third-order valence-corrected chi connectivity index (χ3v) is 4.42. The Morgan fingerprint density at radius 3 is 2.41 bits per heavy atom. The standard InChI is InChI=1S/C13H21NO3/c1-13(6-3-7-13)8-14-11(15)9-4-2-5-10(9)12(16)17/h9-10H,2-8H2,1H3,(H,14,15)(H,16,17)/t9-,10+/m1/s1. The van der Waals surface area contributed by atoms with E-state index in [0.29, 0.717) is 13.0 Å². The van der Waals surface area contributed by atoms with Gasteiger partial charge in [-0.1, -0.05) is 19.8 Å². The minimum Gasteiger partial charge on any atom is -0.481 e. The van der Waals surface area contributed by atoms with Crippen LogP contribution in [0.4, 0.5) is 0 Å². The van der Waals surface area contributed by atoms with Crippen molar-refractivity contribution in [3.8, 4) is 0 Å². The van der Waals surface area contributed by atoms with Crippen LogP contribution >= 0.6 is 0 Å². The first kappa shape index (κ1) is 12.4. The van der Waals surface area contributed by atoms with Gasteiger partial charge in [-0.3, -0.25) is 9.59 Å². The Kier molecular flexibility index (Phi) is 3.40. The number of amides is 1. The van der Waals surface area contributed by atoms with Crippen molar-refractivity contribution >= 4 is 11.9 Å². The van der Waals surface area contributed by atoms with Gasteiger partial charge in [0.25, 0.3) is 0 Å². The zero-order valence-corrected chi connectivity index (χ0v) is 10.4. The predicted octanol–water partition coefficient (Wildman–Crippen LogP) is 1.79. The number of carbonyl (C=O) groups is 2. The summed E-state index contributed by atoms with van der Waals surface area (Å²) in [5.74, 6) is -1.65. The van der Waals surface area contributed by atoms with Gasteiger partial charge in [0.05, 0.1) is 11.8 Å². The summed E-state index contributed by atoms with van der Waals surface area (Å²) in [5, 5.41) is 12.0. The van der Waals surface area contributed by atoms with E-state index in [9.17, 15) is 9.59 Å². The second-order valence-corrected chi connectivity index (χ2v) is 5.86. The van der Waals surface area contributed by atoms with Crippen molar-refractivity contribution in [1.29, 1.82) is 0 Å².